The van der Waals surface area contributed by atoms with Gasteiger partial charge in [-0.1, -0.05) is 34.1 Å². The highest BCUT2D eigenvalue weighted by molar-refractivity contribution is 9.10. The minimum absolute atomic E-state index is 0.00753. The van der Waals surface area contributed by atoms with Crippen molar-refractivity contribution in [1.29, 1.82) is 0 Å². The van der Waals surface area contributed by atoms with Crippen molar-refractivity contribution in [3.63, 3.8) is 0 Å². The van der Waals surface area contributed by atoms with Crippen LogP contribution in [0.1, 0.15) is 5.56 Å². The quantitative estimate of drug-likeness (QED) is 0.767. The molecule has 2 aromatic carbocycles. The Morgan fingerprint density at radius 1 is 1.09 bits per heavy atom. The van der Waals surface area contributed by atoms with Crippen LogP contribution in [0.4, 0.5) is 0 Å². The van der Waals surface area contributed by atoms with Crippen LogP contribution >= 0.6 is 15.9 Å². The first kappa shape index (κ1) is 16.4. The Morgan fingerprint density at radius 3 is 2.59 bits per heavy atom. The summed E-state index contributed by atoms with van der Waals surface area (Å²) >= 11 is 3.42. The standard InChI is InChI=1S/C17H18BrNO3/c1-13-11-15(7-8-16(13)18)22-12-17(20)19-9-10-21-14-5-3-2-4-6-14/h2-8,11H,9-10,12H2,1H3,(H,19,20). The average Bonchev–Trinajstić information content (AvgIpc) is 2.54. The predicted molar refractivity (Wildman–Crippen MR) is 89.3 cm³/mol. The van der Waals surface area contributed by atoms with Gasteiger partial charge in [0.25, 0.3) is 5.91 Å². The smallest absolute Gasteiger partial charge is 0.258 e. The Hall–Kier alpha value is -2.01. The summed E-state index contributed by atoms with van der Waals surface area (Å²) in [6.45, 7) is 2.83. The molecule has 5 heteroatoms. The van der Waals surface area contributed by atoms with Crippen molar-refractivity contribution in [2.45, 2.75) is 6.92 Å². The molecule has 1 amide bonds. The first-order chi connectivity index (χ1) is 10.6. The zero-order valence-electron chi connectivity index (χ0n) is 12.3. The summed E-state index contributed by atoms with van der Waals surface area (Å²) in [5, 5.41) is 2.75. The lowest BCUT2D eigenvalue weighted by Crippen LogP contribution is -2.32. The van der Waals surface area contributed by atoms with Gasteiger partial charge in [-0.25, -0.2) is 0 Å². The molecule has 2 rings (SSSR count). The lowest BCUT2D eigenvalue weighted by atomic mass is 10.2. The Morgan fingerprint density at radius 2 is 1.86 bits per heavy atom. The molecular weight excluding hydrogens is 346 g/mol. The van der Waals surface area contributed by atoms with Crippen molar-refractivity contribution in [2.24, 2.45) is 0 Å². The molecule has 0 aliphatic carbocycles. The first-order valence-electron chi connectivity index (χ1n) is 6.98. The number of carbonyl (C=O) groups is 1. The molecular formula is C17H18BrNO3. The highest BCUT2D eigenvalue weighted by Gasteiger charge is 2.03. The molecule has 0 spiro atoms. The van der Waals surface area contributed by atoms with Crippen LogP contribution < -0.4 is 14.8 Å². The van der Waals surface area contributed by atoms with Crippen LogP contribution in [-0.4, -0.2) is 25.7 Å². The van der Waals surface area contributed by atoms with Crippen LogP contribution in [0.15, 0.2) is 53.0 Å². The van der Waals surface area contributed by atoms with Crippen LogP contribution in [0.2, 0.25) is 0 Å². The third kappa shape index (κ3) is 5.41. The van der Waals surface area contributed by atoms with Gasteiger partial charge in [0.1, 0.15) is 18.1 Å². The molecule has 4 nitrogen and oxygen atoms in total. The van der Waals surface area contributed by atoms with E-state index in [1.807, 2.05) is 55.5 Å². The number of hydrogen-bond donors (Lipinski definition) is 1. The van der Waals surface area contributed by atoms with Crippen LogP contribution in [0, 0.1) is 6.92 Å². The molecule has 1 N–H and O–H groups in total. The minimum Gasteiger partial charge on any atom is -0.492 e. The molecule has 0 saturated heterocycles. The Balaban J connectivity index is 1.64. The second-order valence-electron chi connectivity index (χ2n) is 4.71. The zero-order valence-corrected chi connectivity index (χ0v) is 13.9. The molecule has 2 aromatic rings. The maximum atomic E-state index is 11.7. The van der Waals surface area contributed by atoms with E-state index >= 15 is 0 Å². The number of aryl methyl sites for hydroxylation is 1. The van der Waals surface area contributed by atoms with E-state index in [-0.39, 0.29) is 12.5 Å². The van der Waals surface area contributed by atoms with E-state index in [1.165, 1.54) is 0 Å². The number of para-hydroxylation sites is 1. The number of rotatable bonds is 7. The number of carbonyl (C=O) groups excluding carboxylic acids is 1. The molecule has 116 valence electrons. The fourth-order valence-electron chi connectivity index (χ4n) is 1.78. The highest BCUT2D eigenvalue weighted by atomic mass is 79.9. The number of nitrogens with one attached hydrogen (secondary N) is 1. The Bertz CT molecular complexity index is 617. The maximum absolute atomic E-state index is 11.7. The van der Waals surface area contributed by atoms with Crippen molar-refractivity contribution in [1.82, 2.24) is 5.32 Å². The Labute approximate surface area is 138 Å². The summed E-state index contributed by atoms with van der Waals surface area (Å²) in [5.41, 5.74) is 1.06. The highest BCUT2D eigenvalue weighted by Crippen LogP contribution is 2.21. The second-order valence-corrected chi connectivity index (χ2v) is 5.57. The SMILES string of the molecule is Cc1cc(OCC(=O)NCCOc2ccccc2)ccc1Br. The van der Waals surface area contributed by atoms with Gasteiger partial charge >= 0.3 is 0 Å². The minimum atomic E-state index is -0.169. The largest absolute Gasteiger partial charge is 0.492 e. The van der Waals surface area contributed by atoms with Gasteiger partial charge in [-0.05, 0) is 42.8 Å². The molecule has 22 heavy (non-hydrogen) atoms. The average molecular weight is 364 g/mol. The molecule has 0 radical (unpaired) electrons. The third-order valence-electron chi connectivity index (χ3n) is 2.94. The van der Waals surface area contributed by atoms with Gasteiger partial charge in [0.05, 0.1) is 6.54 Å². The van der Waals surface area contributed by atoms with Crippen LogP contribution in [0.5, 0.6) is 11.5 Å². The molecule has 0 heterocycles. The number of hydrogen-bond acceptors (Lipinski definition) is 3. The zero-order chi connectivity index (χ0) is 15.8. The van der Waals surface area contributed by atoms with E-state index < -0.39 is 0 Å². The molecule has 0 atom stereocenters. The van der Waals surface area contributed by atoms with Crippen molar-refractivity contribution in [3.8, 4) is 11.5 Å². The van der Waals surface area contributed by atoms with Gasteiger partial charge in [-0.3, -0.25) is 4.79 Å². The third-order valence-corrected chi connectivity index (χ3v) is 3.83. The van der Waals surface area contributed by atoms with E-state index in [0.29, 0.717) is 18.9 Å². The number of halogens is 1. The van der Waals surface area contributed by atoms with Gasteiger partial charge in [-0.2, -0.15) is 0 Å². The summed E-state index contributed by atoms with van der Waals surface area (Å²) in [5.74, 6) is 1.30. The number of ether oxygens (including phenoxy) is 2. The molecule has 0 fully saturated rings. The molecule has 0 saturated carbocycles. The first-order valence-corrected chi connectivity index (χ1v) is 7.78. The summed E-state index contributed by atoms with van der Waals surface area (Å²) in [7, 11) is 0. The van der Waals surface area contributed by atoms with E-state index in [0.717, 1.165) is 15.8 Å². The topological polar surface area (TPSA) is 47.6 Å². The molecule has 0 aliphatic rings. The van der Waals surface area contributed by atoms with E-state index in [2.05, 4.69) is 21.2 Å². The van der Waals surface area contributed by atoms with Crippen molar-refractivity contribution in [2.75, 3.05) is 19.8 Å². The van der Waals surface area contributed by atoms with E-state index in [4.69, 9.17) is 9.47 Å². The molecule has 0 bridgehead atoms. The van der Waals surface area contributed by atoms with Gasteiger partial charge in [0, 0.05) is 4.47 Å². The number of benzene rings is 2. The summed E-state index contributed by atoms with van der Waals surface area (Å²) < 4.78 is 11.9. The van der Waals surface area contributed by atoms with E-state index in [1.54, 1.807) is 0 Å². The van der Waals surface area contributed by atoms with Crippen molar-refractivity contribution in [3.05, 3.63) is 58.6 Å². The molecule has 0 aromatic heterocycles. The monoisotopic (exact) mass is 363 g/mol. The maximum Gasteiger partial charge on any atom is 0.258 e. The van der Waals surface area contributed by atoms with Crippen LogP contribution in [0.25, 0.3) is 0 Å². The fourth-order valence-corrected chi connectivity index (χ4v) is 2.03. The van der Waals surface area contributed by atoms with Gasteiger partial charge in [0.2, 0.25) is 0 Å². The fraction of sp³-hybridized carbons (Fsp3) is 0.235. The van der Waals surface area contributed by atoms with Gasteiger partial charge in [-0.15, -0.1) is 0 Å². The lowest BCUT2D eigenvalue weighted by Gasteiger charge is -2.09. The second kappa shape index (κ2) is 8.44. The van der Waals surface area contributed by atoms with Crippen LogP contribution in [-0.2, 0) is 4.79 Å². The number of amides is 1. The van der Waals surface area contributed by atoms with E-state index in [9.17, 15) is 4.79 Å². The normalized spacial score (nSPS) is 10.1. The van der Waals surface area contributed by atoms with Crippen molar-refractivity contribution < 1.29 is 14.3 Å². The lowest BCUT2D eigenvalue weighted by molar-refractivity contribution is -0.123. The summed E-state index contributed by atoms with van der Waals surface area (Å²) in [6, 6.07) is 15.1. The van der Waals surface area contributed by atoms with Crippen LogP contribution in [0.3, 0.4) is 0 Å². The summed E-state index contributed by atoms with van der Waals surface area (Å²) in [6.07, 6.45) is 0. The molecule has 0 unspecified atom stereocenters. The van der Waals surface area contributed by atoms with Gasteiger partial charge < -0.3 is 14.8 Å². The van der Waals surface area contributed by atoms with Gasteiger partial charge in [0.15, 0.2) is 6.61 Å². The Kier molecular flexibility index (Phi) is 6.27. The van der Waals surface area contributed by atoms with Crippen molar-refractivity contribution >= 4 is 21.8 Å². The molecule has 0 aliphatic heterocycles. The predicted octanol–water partition coefficient (Wildman–Crippen LogP) is 3.33. The summed E-state index contributed by atoms with van der Waals surface area (Å²) in [4.78, 5) is 11.7.